The molecule has 0 saturated heterocycles. The fraction of sp³-hybridized carbons (Fsp3) is 0.138. The van der Waals surface area contributed by atoms with Gasteiger partial charge in [0.2, 0.25) is 0 Å². The van der Waals surface area contributed by atoms with Gasteiger partial charge in [-0.2, -0.15) is 0 Å². The third-order valence-electron chi connectivity index (χ3n) is 30.5. The molecule has 2 unspecified atom stereocenters. The van der Waals surface area contributed by atoms with Crippen LogP contribution < -0.4 is 42.1 Å². The fourth-order valence-electron chi connectivity index (χ4n) is 24.3. The number of nitrogens with zero attached hydrogens (tertiary/aromatic N) is 5. The van der Waals surface area contributed by atoms with Gasteiger partial charge in [-0.1, -0.05) is 348 Å². The number of para-hydroxylation sites is 10. The first kappa shape index (κ1) is 83.5. The van der Waals surface area contributed by atoms with Crippen LogP contribution in [0.25, 0.3) is 111 Å². The quantitative estimate of drug-likeness (QED) is 0.0745. The highest BCUT2D eigenvalue weighted by molar-refractivity contribution is 7.00. The maximum atomic E-state index is 4.40. The van der Waals surface area contributed by atoms with Gasteiger partial charge >= 0.3 is 0 Å². The van der Waals surface area contributed by atoms with Crippen molar-refractivity contribution in [2.45, 2.75) is 115 Å². The van der Waals surface area contributed by atoms with Crippen molar-refractivity contribution in [2.75, 3.05) is 25.8 Å². The maximum absolute atomic E-state index is 4.40. The zero-order valence-electron chi connectivity index (χ0n) is 78.8. The molecule has 9 heteroatoms. The van der Waals surface area contributed by atoms with Crippen molar-refractivity contribution in [2.24, 2.45) is 0 Å². The molecule has 3 aliphatic heterocycles. The van der Waals surface area contributed by atoms with Crippen LogP contribution in [0.15, 0.2) is 447 Å². The molecule has 0 spiro atoms. The summed E-state index contributed by atoms with van der Waals surface area (Å²) >= 11 is 0. The monoisotopic (exact) mass is 1790 g/mol. The Kier molecular flexibility index (Phi) is 20.8. The number of hydrogen-bond donors (Lipinski definition) is 3. The SMILES string of the molecule is CC(C)(C)c1cc2c3c(c1)N(c1c(-c4cccc(C5=CCCCC5)c4NC4C=CC=CC4)cccc1-c1cccc(-c4ccccc4)c1Nc1ccccc1)c1cc(-n4c5ccccc5c5ccccc54)ccc1B3c1ccc(-n3c4ccccc4c4ccccc43)cc1N2c1c(C2=CCCC3=C2N(C2=CCCC=C2)C2CC=CC=C32)cccc1C1=C(Nc2ccccc2)C(c2ccccc2)=CCC1. The van der Waals surface area contributed by atoms with Crippen LogP contribution in [0.5, 0.6) is 0 Å². The number of rotatable bonds is 18. The minimum atomic E-state index is -0.458. The standard InChI is InChI=1S/C130H107BN8/c1-130(2,3)88-81-121-123-122(82-88)139(129-109(105-65-37-62-97(87-45-15-6-16-46-87)126(105)134-91-51-21-9-22-52-91)69-40-71-111(129)110-70-38-66-106-102-59-29-34-76-118(102)137(127(106)110)92-53-23-10-24-54-92)120-84-94(136-116-74-32-27-57-100(116)101-58-28-33-75-117(101)136)78-80-113(120)131(123)112-79-77-93(135-114-72-30-25-55-98(114)99-56-26-31-73-115(99)135)83-119(112)138(121)128-107(103-63-35-60-95(85-41-11-4-12-42-85)124(103)132-89-47-17-7-18-48-89)67-39-68-108(128)104-64-36-61-96(86-43-13-5-14-44-86)125(104)133-90-49-19-8-20-50-90/h4,6-9,11-12,15-23,25-36,39-43,45-49,51-64,67-75,77-84,90,118,132-134H,5,10,13-14,24,37-38,44,50,65-66,76H2,1-3H3. The molecule has 0 saturated carbocycles. The van der Waals surface area contributed by atoms with Crippen molar-refractivity contribution in [1.82, 2.24) is 14.0 Å². The second-order valence-corrected chi connectivity index (χ2v) is 39.6. The summed E-state index contributed by atoms with van der Waals surface area (Å²) in [5.74, 6) is 0. The van der Waals surface area contributed by atoms with E-state index in [0.29, 0.717) is 0 Å². The van der Waals surface area contributed by atoms with Crippen molar-refractivity contribution in [1.29, 1.82) is 0 Å². The molecule has 17 aromatic rings. The van der Waals surface area contributed by atoms with Crippen LogP contribution in [-0.4, -0.2) is 32.8 Å². The second kappa shape index (κ2) is 34.6. The van der Waals surface area contributed by atoms with Crippen molar-refractivity contribution >= 4 is 146 Å². The number of aromatic nitrogens is 2. The van der Waals surface area contributed by atoms with Crippen LogP contribution in [0, 0.1) is 0 Å². The summed E-state index contributed by atoms with van der Waals surface area (Å²) in [5, 5.41) is 17.8. The summed E-state index contributed by atoms with van der Waals surface area (Å²) in [7, 11) is 0. The smallest absolute Gasteiger partial charge is 0.252 e. The third-order valence-corrected chi connectivity index (χ3v) is 30.5. The molecule has 15 aromatic carbocycles. The molecule has 139 heavy (non-hydrogen) atoms. The number of fused-ring (bicyclic) bond motifs is 12. The van der Waals surface area contributed by atoms with Gasteiger partial charge in [-0.25, -0.2) is 0 Å². The lowest BCUT2D eigenvalue weighted by atomic mass is 9.33. The van der Waals surface area contributed by atoms with E-state index in [0.717, 1.165) is 200 Å². The van der Waals surface area contributed by atoms with Crippen molar-refractivity contribution in [3.8, 4) is 44.8 Å². The Balaban J connectivity index is 0.838. The summed E-state index contributed by atoms with van der Waals surface area (Å²) in [4.78, 5) is 8.46. The van der Waals surface area contributed by atoms with Gasteiger partial charge in [0, 0.05) is 140 Å². The van der Waals surface area contributed by atoms with E-state index in [1.54, 1.807) is 0 Å². The van der Waals surface area contributed by atoms with Gasteiger partial charge in [0.05, 0.1) is 56.6 Å². The van der Waals surface area contributed by atoms with Crippen LogP contribution in [0.4, 0.5) is 56.9 Å². The molecule has 26 rings (SSSR count). The lowest BCUT2D eigenvalue weighted by molar-refractivity contribution is 0.394. The largest absolute Gasteiger partial charge is 0.378 e. The lowest BCUT2D eigenvalue weighted by Gasteiger charge is -2.47. The number of allylic oxidation sites excluding steroid dienone is 14. The molecule has 0 amide bonds. The summed E-state index contributed by atoms with van der Waals surface area (Å²) in [6, 6.07) is 130. The van der Waals surface area contributed by atoms with Crippen molar-refractivity contribution in [3.63, 3.8) is 0 Å². The Morgan fingerprint density at radius 2 is 0.885 bits per heavy atom. The number of anilines is 10. The normalized spacial score (nSPS) is 17.0. The number of benzene rings is 15. The predicted octanol–water partition coefficient (Wildman–Crippen LogP) is 32.2. The molecule has 2 atom stereocenters. The third kappa shape index (κ3) is 14.2. The van der Waals surface area contributed by atoms with Gasteiger partial charge in [0.15, 0.2) is 0 Å². The molecule has 0 radical (unpaired) electrons. The Bertz CT molecular complexity index is 8170. The highest BCUT2D eigenvalue weighted by Crippen LogP contribution is 2.60. The molecule has 6 aliphatic carbocycles. The van der Waals surface area contributed by atoms with Crippen LogP contribution in [0.2, 0.25) is 0 Å². The average molecular weight is 1790 g/mol. The maximum Gasteiger partial charge on any atom is 0.252 e. The van der Waals surface area contributed by atoms with Crippen LogP contribution in [0.3, 0.4) is 0 Å². The Labute approximate surface area is 814 Å². The molecule has 8 nitrogen and oxygen atoms in total. The van der Waals surface area contributed by atoms with Gasteiger partial charge in [0.1, 0.15) is 0 Å². The van der Waals surface area contributed by atoms with Gasteiger partial charge < -0.3 is 39.8 Å². The van der Waals surface area contributed by atoms with Crippen molar-refractivity contribution < 1.29 is 0 Å². The lowest BCUT2D eigenvalue weighted by Crippen LogP contribution is -2.61. The van der Waals surface area contributed by atoms with Crippen LogP contribution in [0.1, 0.15) is 126 Å². The first-order valence-electron chi connectivity index (χ1n) is 50.2. The molecule has 3 N–H and O–H groups in total. The number of nitrogens with one attached hydrogen (secondary N) is 3. The highest BCUT2D eigenvalue weighted by Gasteiger charge is 2.49. The van der Waals surface area contributed by atoms with Gasteiger partial charge in [-0.05, 0) is 229 Å². The molecule has 9 aliphatic rings. The molecule has 670 valence electrons. The molecule has 5 heterocycles. The summed E-state index contributed by atoms with van der Waals surface area (Å²) in [6.45, 7) is 7.00. The minimum absolute atomic E-state index is 0.0268. The van der Waals surface area contributed by atoms with Crippen molar-refractivity contribution in [3.05, 3.63) is 475 Å². The van der Waals surface area contributed by atoms with E-state index in [1.165, 1.54) is 117 Å². The molecule has 2 aromatic heterocycles. The fourth-order valence-corrected chi connectivity index (χ4v) is 24.3. The zero-order valence-corrected chi connectivity index (χ0v) is 78.8. The minimum Gasteiger partial charge on any atom is -0.378 e. The predicted molar refractivity (Wildman–Crippen MR) is 589 cm³/mol. The first-order valence-corrected chi connectivity index (χ1v) is 50.2. The molecule has 0 bridgehead atoms. The molecular weight excluding hydrogens is 1680 g/mol. The van der Waals surface area contributed by atoms with E-state index >= 15 is 0 Å². The van der Waals surface area contributed by atoms with E-state index in [2.05, 4.69) is 479 Å². The first-order chi connectivity index (χ1) is 68.7. The van der Waals surface area contributed by atoms with Crippen LogP contribution >= 0.6 is 0 Å². The van der Waals surface area contributed by atoms with E-state index in [1.807, 2.05) is 0 Å². The van der Waals surface area contributed by atoms with E-state index in [-0.39, 0.29) is 18.8 Å². The summed E-state index contributed by atoms with van der Waals surface area (Å²) in [6.07, 6.45) is 42.9. The van der Waals surface area contributed by atoms with E-state index in [4.69, 9.17) is 0 Å². The highest BCUT2D eigenvalue weighted by atomic mass is 15.2. The topological polar surface area (TPSA) is 55.7 Å². The van der Waals surface area contributed by atoms with Gasteiger partial charge in [0.25, 0.3) is 6.71 Å². The van der Waals surface area contributed by atoms with Gasteiger partial charge in [-0.15, -0.1) is 0 Å². The number of hydrogen-bond acceptors (Lipinski definition) is 6. The summed E-state index contributed by atoms with van der Waals surface area (Å²) in [5.41, 5.74) is 45.2. The second-order valence-electron chi connectivity index (χ2n) is 39.6. The zero-order chi connectivity index (χ0) is 92.3. The van der Waals surface area contributed by atoms with E-state index in [9.17, 15) is 0 Å². The Hall–Kier alpha value is -16.1. The Morgan fingerprint density at radius 3 is 1.46 bits per heavy atom. The Morgan fingerprint density at radius 1 is 0.367 bits per heavy atom. The van der Waals surface area contributed by atoms with Gasteiger partial charge in [-0.3, -0.25) is 0 Å². The summed E-state index contributed by atoms with van der Waals surface area (Å²) < 4.78 is 5.10. The average Bonchev–Trinajstić information content (AvgIpc) is 0.781. The van der Waals surface area contributed by atoms with Crippen LogP contribution in [-0.2, 0) is 5.41 Å². The van der Waals surface area contributed by atoms with E-state index < -0.39 is 5.41 Å². The molecular formula is C130H107BN8. The molecule has 0 fully saturated rings.